The van der Waals surface area contributed by atoms with Crippen molar-refractivity contribution < 1.29 is 0 Å². The van der Waals surface area contributed by atoms with Crippen LogP contribution in [0, 0.1) is 11.3 Å². The van der Waals surface area contributed by atoms with E-state index in [1.54, 1.807) is 0 Å². The molecule has 2 nitrogen and oxygen atoms in total. The van der Waals surface area contributed by atoms with Gasteiger partial charge in [0.05, 0.1) is 6.07 Å². The van der Waals surface area contributed by atoms with Crippen molar-refractivity contribution >= 4 is 12.4 Å². The van der Waals surface area contributed by atoms with Gasteiger partial charge in [-0.2, -0.15) is 5.26 Å². The molecule has 0 aromatic heterocycles. The van der Waals surface area contributed by atoms with Crippen molar-refractivity contribution in [3.8, 4) is 6.07 Å². The summed E-state index contributed by atoms with van der Waals surface area (Å²) in [6.07, 6.45) is 5.81. The summed E-state index contributed by atoms with van der Waals surface area (Å²) in [5.41, 5.74) is 1.78. The highest BCUT2D eigenvalue weighted by Crippen LogP contribution is 2.40. The average Bonchev–Trinajstić information content (AvgIpc) is 2.86. The Labute approximate surface area is 116 Å². The van der Waals surface area contributed by atoms with Gasteiger partial charge >= 0.3 is 0 Å². The molecule has 1 saturated carbocycles. The molecule has 98 valence electrons. The molecule has 1 aliphatic rings. The van der Waals surface area contributed by atoms with Crippen molar-refractivity contribution in [3.63, 3.8) is 0 Å². The van der Waals surface area contributed by atoms with E-state index in [4.69, 9.17) is 5.26 Å². The zero-order chi connectivity index (χ0) is 12.0. The molecule has 3 heteroatoms. The van der Waals surface area contributed by atoms with Crippen LogP contribution in [0.1, 0.15) is 37.7 Å². The van der Waals surface area contributed by atoms with Gasteiger partial charge in [-0.3, -0.25) is 0 Å². The van der Waals surface area contributed by atoms with E-state index in [1.807, 2.05) is 0 Å². The zero-order valence-corrected chi connectivity index (χ0v) is 11.5. The highest BCUT2D eigenvalue weighted by molar-refractivity contribution is 5.85. The summed E-state index contributed by atoms with van der Waals surface area (Å²) < 4.78 is 0. The van der Waals surface area contributed by atoms with Gasteiger partial charge < -0.3 is 5.32 Å². The maximum atomic E-state index is 8.55. The van der Waals surface area contributed by atoms with E-state index in [-0.39, 0.29) is 12.4 Å². The molecular formula is C15H21ClN2. The number of nitriles is 1. The standard InChI is InChI=1S/C15H20N2.ClH/c16-11-6-12-17-13-15(9-4-5-10-15)14-7-2-1-3-8-14;/h1-3,7-8,17H,4-6,9-10,12-13H2;1H. The van der Waals surface area contributed by atoms with E-state index < -0.39 is 0 Å². The van der Waals surface area contributed by atoms with Crippen molar-refractivity contribution in [1.29, 1.82) is 5.26 Å². The van der Waals surface area contributed by atoms with Crippen LogP contribution >= 0.6 is 12.4 Å². The fourth-order valence-corrected chi connectivity index (χ4v) is 2.88. The van der Waals surface area contributed by atoms with Crippen molar-refractivity contribution in [2.24, 2.45) is 0 Å². The molecule has 0 radical (unpaired) electrons. The van der Waals surface area contributed by atoms with E-state index in [0.29, 0.717) is 11.8 Å². The molecule has 0 unspecified atom stereocenters. The Bertz CT molecular complexity index is 377. The minimum Gasteiger partial charge on any atom is -0.315 e. The number of hydrogen-bond donors (Lipinski definition) is 1. The summed E-state index contributed by atoms with van der Waals surface area (Å²) in [6, 6.07) is 13.0. The van der Waals surface area contributed by atoms with Gasteiger partial charge in [-0.1, -0.05) is 43.2 Å². The minimum absolute atomic E-state index is 0. The first-order valence-electron chi connectivity index (χ1n) is 6.51. The quantitative estimate of drug-likeness (QED) is 0.827. The lowest BCUT2D eigenvalue weighted by atomic mass is 9.79. The SMILES string of the molecule is Cl.N#CCCNCC1(c2ccccc2)CCCC1. The first kappa shape index (κ1) is 15.0. The van der Waals surface area contributed by atoms with Crippen molar-refractivity contribution in [2.45, 2.75) is 37.5 Å². The lowest BCUT2D eigenvalue weighted by Crippen LogP contribution is -2.36. The van der Waals surface area contributed by atoms with Crippen LogP contribution in [0.2, 0.25) is 0 Å². The predicted octanol–water partition coefficient (Wildman–Crippen LogP) is 3.42. The van der Waals surface area contributed by atoms with Crippen LogP contribution in [-0.2, 0) is 5.41 Å². The molecule has 0 aliphatic heterocycles. The minimum atomic E-state index is 0. The first-order valence-corrected chi connectivity index (χ1v) is 6.51. The molecule has 2 rings (SSSR count). The number of rotatable bonds is 5. The van der Waals surface area contributed by atoms with Gasteiger partial charge in [0.25, 0.3) is 0 Å². The predicted molar refractivity (Wildman–Crippen MR) is 76.9 cm³/mol. The van der Waals surface area contributed by atoms with Crippen LogP contribution in [0.5, 0.6) is 0 Å². The van der Waals surface area contributed by atoms with Gasteiger partial charge in [0.1, 0.15) is 0 Å². The van der Waals surface area contributed by atoms with Crippen LogP contribution in [0.3, 0.4) is 0 Å². The van der Waals surface area contributed by atoms with E-state index in [9.17, 15) is 0 Å². The molecule has 0 saturated heterocycles. The number of hydrogen-bond acceptors (Lipinski definition) is 2. The topological polar surface area (TPSA) is 35.8 Å². The summed E-state index contributed by atoms with van der Waals surface area (Å²) in [5, 5.41) is 12.0. The molecule has 1 aromatic rings. The molecule has 1 aromatic carbocycles. The molecular weight excluding hydrogens is 244 g/mol. The van der Waals surface area contributed by atoms with Gasteiger partial charge in [0.15, 0.2) is 0 Å². The normalized spacial score (nSPS) is 16.8. The Morgan fingerprint density at radius 2 is 1.83 bits per heavy atom. The lowest BCUT2D eigenvalue weighted by molar-refractivity contribution is 0.407. The molecule has 0 heterocycles. The number of halogens is 1. The van der Waals surface area contributed by atoms with Crippen LogP contribution in [0.15, 0.2) is 30.3 Å². The smallest absolute Gasteiger partial charge is 0.0635 e. The lowest BCUT2D eigenvalue weighted by Gasteiger charge is -2.30. The Balaban J connectivity index is 0.00000162. The monoisotopic (exact) mass is 264 g/mol. The van der Waals surface area contributed by atoms with Gasteiger partial charge in [0, 0.05) is 24.9 Å². The maximum Gasteiger partial charge on any atom is 0.0635 e. The van der Waals surface area contributed by atoms with Crippen LogP contribution in [0.4, 0.5) is 0 Å². The van der Waals surface area contributed by atoms with Crippen LogP contribution in [-0.4, -0.2) is 13.1 Å². The molecule has 1 aliphatic carbocycles. The first-order chi connectivity index (χ1) is 8.37. The van der Waals surface area contributed by atoms with E-state index in [0.717, 1.165) is 13.1 Å². The third-order valence-electron chi connectivity index (χ3n) is 3.82. The van der Waals surface area contributed by atoms with Crippen molar-refractivity contribution in [2.75, 3.05) is 13.1 Å². The summed E-state index contributed by atoms with van der Waals surface area (Å²) in [6.45, 7) is 1.82. The second-order valence-corrected chi connectivity index (χ2v) is 4.94. The van der Waals surface area contributed by atoms with Crippen LogP contribution < -0.4 is 5.32 Å². The number of benzene rings is 1. The average molecular weight is 265 g/mol. The summed E-state index contributed by atoms with van der Waals surface area (Å²) >= 11 is 0. The van der Waals surface area contributed by atoms with Gasteiger partial charge in [-0.05, 0) is 18.4 Å². The highest BCUT2D eigenvalue weighted by atomic mass is 35.5. The largest absolute Gasteiger partial charge is 0.315 e. The summed E-state index contributed by atoms with van der Waals surface area (Å²) in [5.74, 6) is 0. The second kappa shape index (κ2) is 7.41. The van der Waals surface area contributed by atoms with Gasteiger partial charge in [-0.15, -0.1) is 12.4 Å². The number of nitrogens with zero attached hydrogens (tertiary/aromatic N) is 1. The van der Waals surface area contributed by atoms with Crippen LogP contribution in [0.25, 0.3) is 0 Å². The Kier molecular flexibility index (Phi) is 6.18. The molecule has 0 atom stereocenters. The molecule has 1 fully saturated rings. The maximum absolute atomic E-state index is 8.55. The molecule has 0 bridgehead atoms. The van der Waals surface area contributed by atoms with E-state index in [1.165, 1.54) is 31.2 Å². The van der Waals surface area contributed by atoms with Crippen molar-refractivity contribution in [3.05, 3.63) is 35.9 Å². The van der Waals surface area contributed by atoms with E-state index in [2.05, 4.69) is 41.7 Å². The Morgan fingerprint density at radius 3 is 2.44 bits per heavy atom. The third-order valence-corrected chi connectivity index (χ3v) is 3.82. The summed E-state index contributed by atoms with van der Waals surface area (Å²) in [4.78, 5) is 0. The zero-order valence-electron chi connectivity index (χ0n) is 10.7. The molecule has 0 spiro atoms. The van der Waals surface area contributed by atoms with Crippen molar-refractivity contribution in [1.82, 2.24) is 5.32 Å². The second-order valence-electron chi connectivity index (χ2n) is 4.94. The summed E-state index contributed by atoms with van der Waals surface area (Å²) in [7, 11) is 0. The molecule has 18 heavy (non-hydrogen) atoms. The van der Waals surface area contributed by atoms with Gasteiger partial charge in [0.2, 0.25) is 0 Å². The van der Waals surface area contributed by atoms with Gasteiger partial charge in [-0.25, -0.2) is 0 Å². The Morgan fingerprint density at radius 1 is 1.17 bits per heavy atom. The number of nitrogens with one attached hydrogen (secondary N) is 1. The fraction of sp³-hybridized carbons (Fsp3) is 0.533. The molecule has 0 amide bonds. The molecule has 1 N–H and O–H groups in total. The third kappa shape index (κ3) is 3.48. The highest BCUT2D eigenvalue weighted by Gasteiger charge is 2.34. The fourth-order valence-electron chi connectivity index (χ4n) is 2.88. The van der Waals surface area contributed by atoms with E-state index >= 15 is 0 Å². The Hall–Kier alpha value is -1.04.